The minimum atomic E-state index is -1.98. The first-order valence-corrected chi connectivity index (χ1v) is 26.6. The lowest BCUT2D eigenvalue weighted by molar-refractivity contribution is -0.379. The molecule has 17 atom stereocenters. The second-order valence-corrected chi connectivity index (χ2v) is 19.3. The Balaban J connectivity index is 1.53. The summed E-state index contributed by atoms with van der Waals surface area (Å²) >= 11 is 0. The molecule has 1 amide bonds. The fourth-order valence-corrected chi connectivity index (χ4v) is 9.03. The average molecular weight is 1010 g/mol. The molecule has 3 aliphatic heterocycles. The number of carbonyl (C=O) groups is 1. The first kappa shape index (κ1) is 62.6. The standard InChI is InChI=1S/C51H93NO18/c1-3-5-7-9-11-13-14-15-16-17-18-19-21-23-25-27-29-39(57)52-34(35(56)28-26-24-22-20-12-10-8-6-4-2)33-65-49-45(63)42(60)47(37(31-54)67-49)70-51-46(64)43(61)48(38(32-55)68-51)69-50-44(62)41(59)40(58)36(30-53)66-50/h12,20,26,28,34-38,40-51,53-56,58-64H,3-11,13-19,21-25,27,29-33H2,1-2H3,(H,52,57)/b20-12+,28-26+. The maximum atomic E-state index is 13.2. The molecule has 0 bridgehead atoms. The van der Waals surface area contributed by atoms with Crippen molar-refractivity contribution in [2.45, 2.75) is 266 Å². The van der Waals surface area contributed by atoms with Crippen LogP contribution in [0.5, 0.6) is 0 Å². The van der Waals surface area contributed by atoms with E-state index in [1.165, 1.54) is 83.5 Å². The largest absolute Gasteiger partial charge is 0.394 e. The van der Waals surface area contributed by atoms with E-state index in [2.05, 4.69) is 31.3 Å². The van der Waals surface area contributed by atoms with Crippen LogP contribution in [0.2, 0.25) is 0 Å². The molecule has 19 heteroatoms. The van der Waals surface area contributed by atoms with Gasteiger partial charge in [-0.15, -0.1) is 0 Å². The van der Waals surface area contributed by atoms with Gasteiger partial charge in [-0.05, 0) is 32.1 Å². The van der Waals surface area contributed by atoms with Crippen molar-refractivity contribution in [3.8, 4) is 0 Å². The van der Waals surface area contributed by atoms with E-state index >= 15 is 0 Å². The molecule has 0 aromatic heterocycles. The van der Waals surface area contributed by atoms with Gasteiger partial charge in [0.15, 0.2) is 18.9 Å². The topological polar surface area (TPSA) is 307 Å². The number of aliphatic hydroxyl groups excluding tert-OH is 11. The fourth-order valence-electron chi connectivity index (χ4n) is 9.03. The van der Waals surface area contributed by atoms with Gasteiger partial charge in [0, 0.05) is 6.42 Å². The summed E-state index contributed by atoms with van der Waals surface area (Å²) in [6, 6.07) is -0.982. The summed E-state index contributed by atoms with van der Waals surface area (Å²) in [6.45, 7) is 1.62. The number of amides is 1. The Morgan fingerprint density at radius 1 is 0.500 bits per heavy atom. The second-order valence-electron chi connectivity index (χ2n) is 19.3. The molecule has 19 nitrogen and oxygen atoms in total. The van der Waals surface area contributed by atoms with Gasteiger partial charge in [-0.2, -0.15) is 0 Å². The zero-order valence-electron chi connectivity index (χ0n) is 42.0. The van der Waals surface area contributed by atoms with E-state index in [1.807, 2.05) is 6.08 Å². The van der Waals surface area contributed by atoms with E-state index in [1.54, 1.807) is 6.08 Å². The molecule has 0 saturated carbocycles. The van der Waals surface area contributed by atoms with Crippen LogP contribution >= 0.6 is 0 Å². The summed E-state index contributed by atoms with van der Waals surface area (Å²) < 4.78 is 34.1. The quantitative estimate of drug-likeness (QED) is 0.0314. The highest BCUT2D eigenvalue weighted by molar-refractivity contribution is 5.76. The Bertz CT molecular complexity index is 1390. The molecular formula is C51H93NO18. The van der Waals surface area contributed by atoms with E-state index in [0.717, 1.165) is 44.9 Å². The first-order chi connectivity index (χ1) is 33.8. The fraction of sp³-hybridized carbons (Fsp3) is 0.902. The van der Waals surface area contributed by atoms with Gasteiger partial charge in [0.1, 0.15) is 73.2 Å². The van der Waals surface area contributed by atoms with Crippen molar-refractivity contribution in [3.05, 3.63) is 24.3 Å². The molecule has 0 radical (unpaired) electrons. The van der Waals surface area contributed by atoms with Crippen LogP contribution in [0.15, 0.2) is 24.3 Å². The predicted molar refractivity (Wildman–Crippen MR) is 259 cm³/mol. The first-order valence-electron chi connectivity index (χ1n) is 26.6. The Morgan fingerprint density at radius 3 is 1.43 bits per heavy atom. The number of aliphatic hydroxyl groups is 11. The molecule has 3 saturated heterocycles. The van der Waals surface area contributed by atoms with Crippen LogP contribution in [-0.4, -0.2) is 193 Å². The van der Waals surface area contributed by atoms with Crippen molar-refractivity contribution in [2.75, 3.05) is 26.4 Å². The maximum Gasteiger partial charge on any atom is 0.220 e. The highest BCUT2D eigenvalue weighted by atomic mass is 16.8. The third kappa shape index (κ3) is 21.6. The zero-order valence-corrected chi connectivity index (χ0v) is 42.0. The number of rotatable bonds is 37. The van der Waals surface area contributed by atoms with E-state index in [-0.39, 0.29) is 18.9 Å². The van der Waals surface area contributed by atoms with Crippen molar-refractivity contribution in [1.82, 2.24) is 5.32 Å². The number of unbranched alkanes of at least 4 members (excludes halogenated alkanes) is 19. The van der Waals surface area contributed by atoms with Gasteiger partial charge < -0.3 is 89.9 Å². The van der Waals surface area contributed by atoms with Gasteiger partial charge in [0.05, 0.1) is 38.6 Å². The number of allylic oxidation sites excluding steroid dienone is 3. The van der Waals surface area contributed by atoms with Crippen LogP contribution in [0.25, 0.3) is 0 Å². The third-order valence-electron chi connectivity index (χ3n) is 13.5. The summed E-state index contributed by atoms with van der Waals surface area (Å²) in [7, 11) is 0. The van der Waals surface area contributed by atoms with Crippen molar-refractivity contribution in [3.63, 3.8) is 0 Å². The van der Waals surface area contributed by atoms with Crippen LogP contribution in [-0.2, 0) is 33.2 Å². The number of nitrogens with one attached hydrogen (secondary N) is 1. The minimum absolute atomic E-state index is 0.239. The molecule has 3 aliphatic rings. The van der Waals surface area contributed by atoms with Gasteiger partial charge in [0.2, 0.25) is 5.91 Å². The highest BCUT2D eigenvalue weighted by Crippen LogP contribution is 2.33. The average Bonchev–Trinajstić information content (AvgIpc) is 3.35. The lowest BCUT2D eigenvalue weighted by Crippen LogP contribution is -2.66. The molecule has 3 fully saturated rings. The number of ether oxygens (including phenoxy) is 6. The van der Waals surface area contributed by atoms with E-state index in [4.69, 9.17) is 28.4 Å². The van der Waals surface area contributed by atoms with E-state index in [0.29, 0.717) is 12.8 Å². The Hall–Kier alpha value is -1.73. The molecule has 0 aromatic carbocycles. The normalized spacial score (nSPS) is 32.7. The van der Waals surface area contributed by atoms with Gasteiger partial charge in [0.25, 0.3) is 0 Å². The Kier molecular flexibility index (Phi) is 32.4. The summed E-state index contributed by atoms with van der Waals surface area (Å²) in [6.07, 6.45) is 6.28. The smallest absolute Gasteiger partial charge is 0.220 e. The predicted octanol–water partition coefficient (Wildman–Crippen LogP) is 2.42. The monoisotopic (exact) mass is 1010 g/mol. The molecule has 3 rings (SSSR count). The highest BCUT2D eigenvalue weighted by Gasteiger charge is 2.53. The minimum Gasteiger partial charge on any atom is -0.394 e. The van der Waals surface area contributed by atoms with Crippen molar-refractivity contribution in [2.24, 2.45) is 0 Å². The van der Waals surface area contributed by atoms with Crippen molar-refractivity contribution in [1.29, 1.82) is 0 Å². The number of hydrogen-bond donors (Lipinski definition) is 12. The molecule has 3 heterocycles. The molecule has 12 N–H and O–H groups in total. The summed E-state index contributed by atoms with van der Waals surface area (Å²) in [5.41, 5.74) is 0. The summed E-state index contributed by atoms with van der Waals surface area (Å²) in [5, 5.41) is 119. The molecule has 0 spiro atoms. The van der Waals surface area contributed by atoms with Gasteiger partial charge in [-0.25, -0.2) is 0 Å². The molecular weight excluding hydrogens is 915 g/mol. The molecule has 410 valence electrons. The van der Waals surface area contributed by atoms with Crippen LogP contribution in [0, 0.1) is 0 Å². The second kappa shape index (κ2) is 36.3. The SMILES string of the molecule is CCCCC/C=C/CC/C=C/C(O)C(COC1OC(CO)C(OC2OC(CO)C(OC3OC(CO)C(O)C(O)C3O)C(O)C2O)C(O)C1O)NC(=O)CCCCCCCCCCCCCCCCCC. The van der Waals surface area contributed by atoms with Gasteiger partial charge in [-0.3, -0.25) is 4.79 Å². The lowest BCUT2D eigenvalue weighted by atomic mass is 9.96. The van der Waals surface area contributed by atoms with Crippen LogP contribution in [0.1, 0.15) is 162 Å². The molecule has 0 aliphatic carbocycles. The van der Waals surface area contributed by atoms with E-state index in [9.17, 15) is 61.0 Å². The van der Waals surface area contributed by atoms with Crippen molar-refractivity contribution < 1.29 is 89.4 Å². The third-order valence-corrected chi connectivity index (χ3v) is 13.5. The number of hydrogen-bond acceptors (Lipinski definition) is 18. The summed E-state index contributed by atoms with van der Waals surface area (Å²) in [5.74, 6) is -0.288. The molecule has 0 aromatic rings. The zero-order chi connectivity index (χ0) is 51.3. The lowest BCUT2D eigenvalue weighted by Gasteiger charge is -2.48. The number of carbonyl (C=O) groups excluding carboxylic acids is 1. The van der Waals surface area contributed by atoms with Crippen LogP contribution in [0.4, 0.5) is 0 Å². The van der Waals surface area contributed by atoms with Crippen LogP contribution in [0.3, 0.4) is 0 Å². The Morgan fingerprint density at radius 2 is 0.914 bits per heavy atom. The van der Waals surface area contributed by atoms with Gasteiger partial charge in [-0.1, -0.05) is 147 Å². The maximum absolute atomic E-state index is 13.2. The Labute approximate surface area is 416 Å². The van der Waals surface area contributed by atoms with Gasteiger partial charge >= 0.3 is 0 Å². The molecule has 70 heavy (non-hydrogen) atoms. The van der Waals surface area contributed by atoms with E-state index < -0.39 is 124 Å². The van der Waals surface area contributed by atoms with Crippen molar-refractivity contribution >= 4 is 5.91 Å². The molecule has 17 unspecified atom stereocenters. The van der Waals surface area contributed by atoms with Crippen LogP contribution < -0.4 is 5.32 Å². The summed E-state index contributed by atoms with van der Waals surface area (Å²) in [4.78, 5) is 13.2.